The highest BCUT2D eigenvalue weighted by molar-refractivity contribution is 6.06. The molecule has 0 bridgehead atoms. The summed E-state index contributed by atoms with van der Waals surface area (Å²) >= 11 is 0. The van der Waals surface area contributed by atoms with E-state index in [1.54, 1.807) is 11.0 Å². The fraction of sp³-hybridized carbons (Fsp3) is 0.294. The largest absolute Gasteiger partial charge is 0.350 e. The van der Waals surface area contributed by atoms with Crippen molar-refractivity contribution in [2.45, 2.75) is 12.8 Å². The van der Waals surface area contributed by atoms with E-state index in [1.165, 1.54) is 0 Å². The van der Waals surface area contributed by atoms with Gasteiger partial charge in [-0.25, -0.2) is 0 Å². The van der Waals surface area contributed by atoms with E-state index < -0.39 is 5.41 Å². The first-order valence-corrected chi connectivity index (χ1v) is 7.73. The number of imide groups is 1. The molecule has 7 nitrogen and oxygen atoms in total. The van der Waals surface area contributed by atoms with Crippen LogP contribution in [-0.4, -0.2) is 40.9 Å². The van der Waals surface area contributed by atoms with Gasteiger partial charge in [-0.05, 0) is 6.42 Å². The number of amides is 3. The van der Waals surface area contributed by atoms with E-state index in [9.17, 15) is 14.4 Å². The molecule has 2 aliphatic heterocycles. The number of carbonyl (C=O) groups is 3. The molecule has 2 aliphatic rings. The predicted octanol–water partition coefficient (Wildman–Crippen LogP) is 1.22. The minimum absolute atomic E-state index is 0.135. The summed E-state index contributed by atoms with van der Waals surface area (Å²) in [4.78, 5) is 37.6. The molecule has 4 rings (SSSR count). The van der Waals surface area contributed by atoms with Gasteiger partial charge in [0.2, 0.25) is 17.6 Å². The molecule has 1 spiro atoms. The van der Waals surface area contributed by atoms with E-state index in [0.29, 0.717) is 18.7 Å². The zero-order valence-electron chi connectivity index (χ0n) is 12.8. The minimum Gasteiger partial charge on any atom is -0.350 e. The molecule has 2 fully saturated rings. The number of benzene rings is 1. The number of hydrogen-bond acceptors (Lipinski definition) is 5. The molecule has 24 heavy (non-hydrogen) atoms. The standard InChI is InChI=1S/C17H15N3O4/c21-14-9-17(16(23)18-14)6-7-20(10-17)15(22)13-8-12(19-24-13)11-4-2-1-3-5-11/h1-5,8H,6-7,9-10H2,(H,18,21,23)/t17-/m0/s1. The summed E-state index contributed by atoms with van der Waals surface area (Å²) in [5.41, 5.74) is 0.662. The van der Waals surface area contributed by atoms with Gasteiger partial charge >= 0.3 is 0 Å². The monoisotopic (exact) mass is 325 g/mol. The lowest BCUT2D eigenvalue weighted by Gasteiger charge is -2.19. The van der Waals surface area contributed by atoms with E-state index in [4.69, 9.17) is 4.52 Å². The molecule has 1 atom stereocenters. The Morgan fingerprint density at radius 1 is 1.25 bits per heavy atom. The van der Waals surface area contributed by atoms with Crippen LogP contribution in [0.2, 0.25) is 0 Å². The van der Waals surface area contributed by atoms with Crippen molar-refractivity contribution in [3.63, 3.8) is 0 Å². The van der Waals surface area contributed by atoms with Gasteiger partial charge in [-0.1, -0.05) is 35.5 Å². The summed E-state index contributed by atoms with van der Waals surface area (Å²) in [5, 5.41) is 6.26. The van der Waals surface area contributed by atoms with Crippen molar-refractivity contribution in [1.29, 1.82) is 0 Å². The summed E-state index contributed by atoms with van der Waals surface area (Å²) in [5.74, 6) is -0.741. The Balaban J connectivity index is 1.52. The molecule has 0 aliphatic carbocycles. The number of aromatic nitrogens is 1. The van der Waals surface area contributed by atoms with Crippen LogP contribution >= 0.6 is 0 Å². The van der Waals surface area contributed by atoms with Crippen molar-refractivity contribution < 1.29 is 18.9 Å². The molecule has 3 heterocycles. The Labute approximate surface area is 137 Å². The van der Waals surface area contributed by atoms with Gasteiger partial charge in [0.15, 0.2) is 0 Å². The molecule has 0 saturated carbocycles. The van der Waals surface area contributed by atoms with Gasteiger partial charge in [-0.2, -0.15) is 0 Å². The highest BCUT2D eigenvalue weighted by Crippen LogP contribution is 2.38. The maximum atomic E-state index is 12.6. The van der Waals surface area contributed by atoms with Crippen molar-refractivity contribution in [3.05, 3.63) is 42.2 Å². The van der Waals surface area contributed by atoms with Crippen LogP contribution in [0.15, 0.2) is 40.9 Å². The summed E-state index contributed by atoms with van der Waals surface area (Å²) in [6, 6.07) is 11.0. The number of nitrogens with zero attached hydrogens (tertiary/aromatic N) is 2. The van der Waals surface area contributed by atoms with Crippen molar-refractivity contribution >= 4 is 17.7 Å². The molecule has 2 aromatic rings. The smallest absolute Gasteiger partial charge is 0.292 e. The van der Waals surface area contributed by atoms with Crippen LogP contribution in [0.25, 0.3) is 11.3 Å². The third-order valence-electron chi connectivity index (χ3n) is 4.67. The Bertz CT molecular complexity index is 829. The molecule has 7 heteroatoms. The fourth-order valence-electron chi connectivity index (χ4n) is 3.34. The second kappa shape index (κ2) is 5.30. The van der Waals surface area contributed by atoms with E-state index in [-0.39, 0.29) is 36.4 Å². The molecular formula is C17H15N3O4. The number of carbonyl (C=O) groups excluding carboxylic acids is 3. The van der Waals surface area contributed by atoms with Gasteiger partial charge in [0.25, 0.3) is 5.91 Å². The molecular weight excluding hydrogens is 310 g/mol. The first kappa shape index (κ1) is 14.6. The Kier molecular flexibility index (Phi) is 3.23. The summed E-state index contributed by atoms with van der Waals surface area (Å²) in [7, 11) is 0. The fourth-order valence-corrected chi connectivity index (χ4v) is 3.34. The molecule has 1 aromatic heterocycles. The molecule has 0 radical (unpaired) electrons. The van der Waals surface area contributed by atoms with Crippen LogP contribution < -0.4 is 5.32 Å². The Morgan fingerprint density at radius 2 is 2.04 bits per heavy atom. The first-order valence-electron chi connectivity index (χ1n) is 7.73. The quantitative estimate of drug-likeness (QED) is 0.838. The summed E-state index contributed by atoms with van der Waals surface area (Å²) < 4.78 is 5.18. The Morgan fingerprint density at radius 3 is 2.75 bits per heavy atom. The predicted molar refractivity (Wildman–Crippen MR) is 82.7 cm³/mol. The van der Waals surface area contributed by atoms with E-state index in [0.717, 1.165) is 5.56 Å². The minimum atomic E-state index is -0.783. The maximum Gasteiger partial charge on any atom is 0.292 e. The van der Waals surface area contributed by atoms with Crippen molar-refractivity contribution in [2.24, 2.45) is 5.41 Å². The van der Waals surface area contributed by atoms with Gasteiger partial charge in [0, 0.05) is 31.1 Å². The number of likely N-dealkylation sites (tertiary alicyclic amines) is 1. The van der Waals surface area contributed by atoms with Gasteiger partial charge in [-0.15, -0.1) is 0 Å². The number of rotatable bonds is 2. The summed E-state index contributed by atoms with van der Waals surface area (Å²) in [6.07, 6.45) is 0.622. The van der Waals surface area contributed by atoms with E-state index in [1.807, 2.05) is 30.3 Å². The molecule has 2 saturated heterocycles. The van der Waals surface area contributed by atoms with Crippen molar-refractivity contribution in [1.82, 2.24) is 15.4 Å². The van der Waals surface area contributed by atoms with Crippen LogP contribution in [0.5, 0.6) is 0 Å². The molecule has 1 N–H and O–H groups in total. The lowest BCUT2D eigenvalue weighted by atomic mass is 9.85. The Hall–Kier alpha value is -2.96. The highest BCUT2D eigenvalue weighted by Gasteiger charge is 2.52. The van der Waals surface area contributed by atoms with E-state index in [2.05, 4.69) is 10.5 Å². The summed E-state index contributed by atoms with van der Waals surface area (Å²) in [6.45, 7) is 0.645. The number of hydrogen-bond donors (Lipinski definition) is 1. The normalized spacial score (nSPS) is 23.1. The molecule has 122 valence electrons. The second-order valence-electron chi connectivity index (χ2n) is 6.25. The molecule has 0 unspecified atom stereocenters. The van der Waals surface area contributed by atoms with Crippen molar-refractivity contribution in [3.8, 4) is 11.3 Å². The first-order chi connectivity index (χ1) is 11.6. The van der Waals surface area contributed by atoms with Gasteiger partial charge in [-0.3, -0.25) is 19.7 Å². The van der Waals surface area contributed by atoms with Crippen LogP contribution in [0.4, 0.5) is 0 Å². The van der Waals surface area contributed by atoms with Gasteiger partial charge < -0.3 is 9.42 Å². The highest BCUT2D eigenvalue weighted by atomic mass is 16.5. The average Bonchev–Trinajstić information content (AvgIpc) is 3.28. The van der Waals surface area contributed by atoms with Gasteiger partial charge in [0.05, 0.1) is 5.41 Å². The average molecular weight is 325 g/mol. The molecule has 1 aromatic carbocycles. The topological polar surface area (TPSA) is 92.5 Å². The van der Waals surface area contributed by atoms with Crippen LogP contribution in [0, 0.1) is 5.41 Å². The van der Waals surface area contributed by atoms with Crippen molar-refractivity contribution in [2.75, 3.05) is 13.1 Å². The number of nitrogens with one attached hydrogen (secondary N) is 1. The van der Waals surface area contributed by atoms with E-state index >= 15 is 0 Å². The molecule has 3 amide bonds. The lowest BCUT2D eigenvalue weighted by Crippen LogP contribution is -2.36. The van der Waals surface area contributed by atoms with Gasteiger partial charge in [0.1, 0.15) is 5.69 Å². The maximum absolute atomic E-state index is 12.6. The third-order valence-corrected chi connectivity index (χ3v) is 4.67. The van der Waals surface area contributed by atoms with Crippen LogP contribution in [-0.2, 0) is 9.59 Å². The second-order valence-corrected chi connectivity index (χ2v) is 6.25. The van der Waals surface area contributed by atoms with Crippen LogP contribution in [0.1, 0.15) is 23.4 Å². The third kappa shape index (κ3) is 2.29. The zero-order valence-corrected chi connectivity index (χ0v) is 12.8. The lowest BCUT2D eigenvalue weighted by molar-refractivity contribution is -0.128. The van der Waals surface area contributed by atoms with Crippen LogP contribution in [0.3, 0.4) is 0 Å². The zero-order chi connectivity index (χ0) is 16.7. The SMILES string of the molecule is O=C1C[C@]2(CCN(C(=O)c3cc(-c4ccccc4)no3)C2)C(=O)N1.